The quantitative estimate of drug-likeness (QED) is 0.900. The van der Waals surface area contributed by atoms with Gasteiger partial charge in [-0.2, -0.15) is 0 Å². The Morgan fingerprint density at radius 1 is 1.08 bits per heavy atom. The summed E-state index contributed by atoms with van der Waals surface area (Å²) in [5.41, 5.74) is 2.79. The second-order valence-corrected chi connectivity index (χ2v) is 6.42. The molecule has 0 aromatic heterocycles. The zero-order chi connectivity index (χ0) is 17.8. The summed E-state index contributed by atoms with van der Waals surface area (Å²) in [5, 5.41) is 3.61. The second kappa shape index (κ2) is 7.66. The molecule has 1 aliphatic rings. The van der Waals surface area contributed by atoms with Crippen LogP contribution in [0.3, 0.4) is 0 Å². The molecular formula is C19H22ClN3O2. The van der Waals surface area contributed by atoms with Crippen LogP contribution in [0.15, 0.2) is 42.5 Å². The third-order valence-electron chi connectivity index (χ3n) is 4.51. The molecular weight excluding hydrogens is 338 g/mol. The fraction of sp³-hybridized carbons (Fsp3) is 0.316. The van der Waals surface area contributed by atoms with Gasteiger partial charge in [0.1, 0.15) is 5.75 Å². The van der Waals surface area contributed by atoms with Gasteiger partial charge in [0.25, 0.3) is 0 Å². The first-order valence-electron chi connectivity index (χ1n) is 8.28. The number of anilines is 2. The Balaban J connectivity index is 1.57. The first kappa shape index (κ1) is 17.4. The molecule has 1 aliphatic heterocycles. The van der Waals surface area contributed by atoms with Crippen LogP contribution in [-0.4, -0.2) is 44.2 Å². The molecule has 0 unspecified atom stereocenters. The molecule has 2 aromatic carbocycles. The Morgan fingerprint density at radius 3 is 2.40 bits per heavy atom. The van der Waals surface area contributed by atoms with Crippen molar-refractivity contribution in [3.8, 4) is 5.75 Å². The van der Waals surface area contributed by atoms with Crippen molar-refractivity contribution in [2.24, 2.45) is 0 Å². The van der Waals surface area contributed by atoms with E-state index in [-0.39, 0.29) is 6.03 Å². The minimum absolute atomic E-state index is 0.0836. The fourth-order valence-electron chi connectivity index (χ4n) is 2.90. The van der Waals surface area contributed by atoms with Crippen LogP contribution in [0.5, 0.6) is 5.75 Å². The Morgan fingerprint density at radius 2 is 1.76 bits per heavy atom. The van der Waals surface area contributed by atoms with Gasteiger partial charge in [-0.25, -0.2) is 4.79 Å². The summed E-state index contributed by atoms with van der Waals surface area (Å²) >= 11 is 6.11. The summed E-state index contributed by atoms with van der Waals surface area (Å²) in [7, 11) is 1.66. The lowest BCUT2D eigenvalue weighted by Crippen LogP contribution is -2.50. The van der Waals surface area contributed by atoms with Crippen LogP contribution in [0.25, 0.3) is 0 Å². The molecule has 1 saturated heterocycles. The minimum atomic E-state index is -0.0836. The summed E-state index contributed by atoms with van der Waals surface area (Å²) in [4.78, 5) is 16.6. The Labute approximate surface area is 153 Å². The maximum atomic E-state index is 12.5. The van der Waals surface area contributed by atoms with E-state index in [1.54, 1.807) is 7.11 Å². The van der Waals surface area contributed by atoms with E-state index in [9.17, 15) is 4.79 Å². The van der Waals surface area contributed by atoms with Crippen molar-refractivity contribution in [1.29, 1.82) is 0 Å². The van der Waals surface area contributed by atoms with Gasteiger partial charge < -0.3 is 19.9 Å². The molecule has 1 N–H and O–H groups in total. The van der Waals surface area contributed by atoms with Gasteiger partial charge in [-0.05, 0) is 48.9 Å². The number of piperazine rings is 1. The van der Waals surface area contributed by atoms with Gasteiger partial charge in [0.05, 0.1) is 7.11 Å². The molecule has 3 rings (SSSR count). The van der Waals surface area contributed by atoms with E-state index in [0.29, 0.717) is 18.1 Å². The highest BCUT2D eigenvalue weighted by Gasteiger charge is 2.21. The molecule has 0 atom stereocenters. The number of nitrogens with zero attached hydrogens (tertiary/aromatic N) is 2. The average molecular weight is 360 g/mol. The zero-order valence-electron chi connectivity index (χ0n) is 14.5. The second-order valence-electron chi connectivity index (χ2n) is 6.01. The molecule has 0 aliphatic carbocycles. The molecule has 6 heteroatoms. The predicted molar refractivity (Wildman–Crippen MR) is 102 cm³/mol. The molecule has 2 aromatic rings. The van der Waals surface area contributed by atoms with Gasteiger partial charge in [0, 0.05) is 42.6 Å². The molecule has 0 spiro atoms. The lowest BCUT2D eigenvalue weighted by molar-refractivity contribution is 0.208. The molecule has 132 valence electrons. The average Bonchev–Trinajstić information content (AvgIpc) is 2.65. The Kier molecular flexibility index (Phi) is 5.34. The van der Waals surface area contributed by atoms with Crippen molar-refractivity contribution in [3.63, 3.8) is 0 Å². The SMILES string of the molecule is COc1ccc(N2CCN(C(=O)Nc3cccc(Cl)c3C)CC2)cc1. The van der Waals surface area contributed by atoms with E-state index >= 15 is 0 Å². The van der Waals surface area contributed by atoms with Crippen molar-refractivity contribution >= 4 is 29.0 Å². The molecule has 1 fully saturated rings. The van der Waals surface area contributed by atoms with Crippen molar-refractivity contribution in [2.75, 3.05) is 43.5 Å². The first-order chi connectivity index (χ1) is 12.1. The summed E-state index contributed by atoms with van der Waals surface area (Å²) in [6.07, 6.45) is 0. The maximum Gasteiger partial charge on any atom is 0.321 e. The first-order valence-corrected chi connectivity index (χ1v) is 8.66. The van der Waals surface area contributed by atoms with Crippen LogP contribution in [0.1, 0.15) is 5.56 Å². The third kappa shape index (κ3) is 3.99. The monoisotopic (exact) mass is 359 g/mol. The van der Waals surface area contributed by atoms with E-state index in [4.69, 9.17) is 16.3 Å². The number of carbonyl (C=O) groups is 1. The lowest BCUT2D eigenvalue weighted by atomic mass is 10.2. The van der Waals surface area contributed by atoms with Crippen molar-refractivity contribution in [1.82, 2.24) is 4.90 Å². The molecule has 0 bridgehead atoms. The normalized spacial score (nSPS) is 14.4. The molecule has 5 nitrogen and oxygen atoms in total. The number of methoxy groups -OCH3 is 1. The summed E-state index contributed by atoms with van der Waals surface area (Å²) in [6, 6.07) is 13.4. The van der Waals surface area contributed by atoms with Gasteiger partial charge in [0.15, 0.2) is 0 Å². The number of rotatable bonds is 3. The van der Waals surface area contributed by atoms with Crippen LogP contribution in [-0.2, 0) is 0 Å². The smallest absolute Gasteiger partial charge is 0.321 e. The Hall–Kier alpha value is -2.40. The van der Waals surface area contributed by atoms with Gasteiger partial charge in [-0.1, -0.05) is 17.7 Å². The highest BCUT2D eigenvalue weighted by atomic mass is 35.5. The van der Waals surface area contributed by atoms with Crippen LogP contribution in [0.4, 0.5) is 16.2 Å². The van der Waals surface area contributed by atoms with E-state index < -0.39 is 0 Å². The standard InChI is InChI=1S/C19H22ClN3O2/c1-14-17(20)4-3-5-18(14)21-19(24)23-12-10-22(11-13-23)15-6-8-16(25-2)9-7-15/h3-9H,10-13H2,1-2H3,(H,21,24). The van der Waals surface area contributed by atoms with E-state index in [1.807, 2.05) is 54.3 Å². The number of nitrogens with one attached hydrogen (secondary N) is 1. The molecule has 0 radical (unpaired) electrons. The number of amides is 2. The largest absolute Gasteiger partial charge is 0.497 e. The van der Waals surface area contributed by atoms with Gasteiger partial charge >= 0.3 is 6.03 Å². The summed E-state index contributed by atoms with van der Waals surface area (Å²) in [5.74, 6) is 0.846. The van der Waals surface area contributed by atoms with Gasteiger partial charge in [0.2, 0.25) is 0 Å². The van der Waals surface area contributed by atoms with Crippen LogP contribution in [0, 0.1) is 6.92 Å². The van der Waals surface area contributed by atoms with Crippen LogP contribution in [0.2, 0.25) is 5.02 Å². The highest BCUT2D eigenvalue weighted by molar-refractivity contribution is 6.31. The fourth-order valence-corrected chi connectivity index (χ4v) is 3.07. The summed E-state index contributed by atoms with van der Waals surface area (Å²) in [6.45, 7) is 4.86. The Bertz CT molecular complexity index is 741. The van der Waals surface area contributed by atoms with Gasteiger partial charge in [-0.3, -0.25) is 0 Å². The van der Waals surface area contributed by atoms with E-state index in [0.717, 1.165) is 35.8 Å². The zero-order valence-corrected chi connectivity index (χ0v) is 15.2. The number of benzene rings is 2. The lowest BCUT2D eigenvalue weighted by Gasteiger charge is -2.36. The van der Waals surface area contributed by atoms with E-state index in [2.05, 4.69) is 10.2 Å². The number of carbonyl (C=O) groups excluding carboxylic acids is 1. The van der Waals surface area contributed by atoms with Crippen LogP contribution < -0.4 is 15.0 Å². The highest BCUT2D eigenvalue weighted by Crippen LogP contribution is 2.24. The van der Waals surface area contributed by atoms with Crippen molar-refractivity contribution in [2.45, 2.75) is 6.92 Å². The summed E-state index contributed by atoms with van der Waals surface area (Å²) < 4.78 is 5.19. The number of halogens is 1. The molecule has 2 amide bonds. The molecule has 25 heavy (non-hydrogen) atoms. The number of hydrogen-bond acceptors (Lipinski definition) is 3. The minimum Gasteiger partial charge on any atom is -0.497 e. The number of urea groups is 1. The molecule has 0 saturated carbocycles. The number of ether oxygens (including phenoxy) is 1. The third-order valence-corrected chi connectivity index (χ3v) is 4.92. The van der Waals surface area contributed by atoms with Gasteiger partial charge in [-0.15, -0.1) is 0 Å². The van der Waals surface area contributed by atoms with Crippen molar-refractivity contribution in [3.05, 3.63) is 53.1 Å². The predicted octanol–water partition coefficient (Wildman–Crippen LogP) is 4.01. The number of hydrogen-bond donors (Lipinski definition) is 1. The topological polar surface area (TPSA) is 44.8 Å². The van der Waals surface area contributed by atoms with Crippen LogP contribution >= 0.6 is 11.6 Å². The maximum absolute atomic E-state index is 12.5. The molecule has 1 heterocycles. The van der Waals surface area contributed by atoms with E-state index in [1.165, 1.54) is 0 Å². The van der Waals surface area contributed by atoms with Crippen molar-refractivity contribution < 1.29 is 9.53 Å².